The third-order valence-electron chi connectivity index (χ3n) is 2.25. The summed E-state index contributed by atoms with van der Waals surface area (Å²) < 4.78 is 1.93. The van der Waals surface area contributed by atoms with E-state index < -0.39 is 0 Å². The summed E-state index contributed by atoms with van der Waals surface area (Å²) in [5.74, 6) is 1.19. The Morgan fingerprint density at radius 1 is 1.29 bits per heavy atom. The van der Waals surface area contributed by atoms with Crippen LogP contribution in [-0.2, 0) is 7.05 Å². The highest BCUT2D eigenvalue weighted by Gasteiger charge is 2.12. The second kappa shape index (κ2) is 3.04. The molecule has 0 atom stereocenters. The van der Waals surface area contributed by atoms with Crippen LogP contribution >= 0.6 is 0 Å². The van der Waals surface area contributed by atoms with Gasteiger partial charge in [0.1, 0.15) is 11.3 Å². The number of fused-ring (bicyclic) bond motifs is 1. The number of aryl methyl sites for hydroxylation is 2. The van der Waals surface area contributed by atoms with Crippen molar-refractivity contribution in [2.75, 3.05) is 0 Å². The first-order valence-electron chi connectivity index (χ1n) is 4.75. The van der Waals surface area contributed by atoms with Crippen molar-refractivity contribution in [1.82, 2.24) is 19.5 Å². The molecule has 0 bridgehead atoms. The predicted octanol–water partition coefficient (Wildman–Crippen LogP) is 1.80. The molecule has 0 aromatic carbocycles. The zero-order valence-electron chi connectivity index (χ0n) is 8.94. The second-order valence-electron chi connectivity index (χ2n) is 3.84. The third-order valence-corrected chi connectivity index (χ3v) is 2.25. The first kappa shape index (κ1) is 9.12. The minimum atomic E-state index is 0.383. The number of imidazole rings is 1. The molecule has 4 heteroatoms. The van der Waals surface area contributed by atoms with E-state index in [9.17, 15) is 0 Å². The average Bonchev–Trinajstić information content (AvgIpc) is 2.47. The van der Waals surface area contributed by atoms with Crippen LogP contribution in [0.2, 0.25) is 0 Å². The Balaban J connectivity index is 2.82. The Kier molecular flexibility index (Phi) is 1.98. The standard InChI is InChI=1S/C10H14N4/c1-6(2)8-9-10(13-7(3)12-8)14(4)5-11-9/h5-6H,1-4H3. The maximum absolute atomic E-state index is 4.43. The van der Waals surface area contributed by atoms with Crippen molar-refractivity contribution < 1.29 is 0 Å². The molecule has 14 heavy (non-hydrogen) atoms. The van der Waals surface area contributed by atoms with Crippen LogP contribution in [-0.4, -0.2) is 19.5 Å². The maximum Gasteiger partial charge on any atom is 0.163 e. The summed E-state index contributed by atoms with van der Waals surface area (Å²) in [4.78, 5) is 13.1. The molecule has 0 aliphatic rings. The summed E-state index contributed by atoms with van der Waals surface area (Å²) in [5.41, 5.74) is 2.88. The van der Waals surface area contributed by atoms with Gasteiger partial charge in [0.15, 0.2) is 5.65 Å². The predicted molar refractivity (Wildman–Crippen MR) is 55.1 cm³/mol. The lowest BCUT2D eigenvalue weighted by Crippen LogP contribution is -2.00. The molecule has 0 N–H and O–H groups in total. The van der Waals surface area contributed by atoms with Crippen molar-refractivity contribution in [3.05, 3.63) is 17.8 Å². The Morgan fingerprint density at radius 2 is 2.00 bits per heavy atom. The lowest BCUT2D eigenvalue weighted by molar-refractivity contribution is 0.812. The van der Waals surface area contributed by atoms with Crippen LogP contribution in [0, 0.1) is 6.92 Å². The van der Waals surface area contributed by atoms with E-state index in [1.54, 1.807) is 6.33 Å². The minimum Gasteiger partial charge on any atom is -0.318 e. The molecule has 4 nitrogen and oxygen atoms in total. The van der Waals surface area contributed by atoms with E-state index in [1.165, 1.54) is 0 Å². The molecular weight excluding hydrogens is 176 g/mol. The van der Waals surface area contributed by atoms with Gasteiger partial charge < -0.3 is 4.57 Å². The minimum absolute atomic E-state index is 0.383. The summed E-state index contributed by atoms with van der Waals surface area (Å²) in [6.45, 7) is 6.16. The van der Waals surface area contributed by atoms with E-state index in [2.05, 4.69) is 28.8 Å². The molecule has 0 fully saturated rings. The molecule has 0 spiro atoms. The number of hydrogen-bond acceptors (Lipinski definition) is 3. The number of rotatable bonds is 1. The molecule has 0 unspecified atom stereocenters. The van der Waals surface area contributed by atoms with Crippen molar-refractivity contribution in [3.8, 4) is 0 Å². The quantitative estimate of drug-likeness (QED) is 0.688. The van der Waals surface area contributed by atoms with Crippen molar-refractivity contribution in [3.63, 3.8) is 0 Å². The fourth-order valence-corrected chi connectivity index (χ4v) is 1.54. The highest BCUT2D eigenvalue weighted by Crippen LogP contribution is 2.20. The van der Waals surface area contributed by atoms with Crippen LogP contribution in [0.1, 0.15) is 31.3 Å². The largest absolute Gasteiger partial charge is 0.318 e. The van der Waals surface area contributed by atoms with Gasteiger partial charge in [0.05, 0.1) is 12.0 Å². The van der Waals surface area contributed by atoms with Crippen LogP contribution in [0.5, 0.6) is 0 Å². The molecule has 0 saturated heterocycles. The zero-order valence-corrected chi connectivity index (χ0v) is 8.94. The summed E-state index contributed by atoms with van der Waals surface area (Å²) in [6, 6.07) is 0. The van der Waals surface area contributed by atoms with E-state index in [0.29, 0.717) is 5.92 Å². The highest BCUT2D eigenvalue weighted by atomic mass is 15.1. The van der Waals surface area contributed by atoms with Gasteiger partial charge in [-0.3, -0.25) is 0 Å². The summed E-state index contributed by atoms with van der Waals surface area (Å²) in [7, 11) is 1.95. The lowest BCUT2D eigenvalue weighted by Gasteiger charge is -2.05. The Bertz CT molecular complexity index is 470. The summed E-state index contributed by atoms with van der Waals surface area (Å²) in [5, 5.41) is 0. The van der Waals surface area contributed by atoms with Gasteiger partial charge in [-0.25, -0.2) is 15.0 Å². The fraction of sp³-hybridized carbons (Fsp3) is 0.500. The normalized spacial score (nSPS) is 11.5. The molecule has 2 heterocycles. The van der Waals surface area contributed by atoms with E-state index in [0.717, 1.165) is 22.7 Å². The molecule has 0 aliphatic heterocycles. The van der Waals surface area contributed by atoms with Crippen molar-refractivity contribution in [2.24, 2.45) is 7.05 Å². The van der Waals surface area contributed by atoms with E-state index in [1.807, 2.05) is 18.5 Å². The average molecular weight is 190 g/mol. The highest BCUT2D eigenvalue weighted by molar-refractivity contribution is 5.73. The molecule has 2 aromatic heterocycles. The molecule has 2 aromatic rings. The molecule has 0 radical (unpaired) electrons. The topological polar surface area (TPSA) is 43.6 Å². The van der Waals surface area contributed by atoms with Crippen molar-refractivity contribution in [2.45, 2.75) is 26.7 Å². The van der Waals surface area contributed by atoms with Gasteiger partial charge in [0.25, 0.3) is 0 Å². The van der Waals surface area contributed by atoms with Gasteiger partial charge >= 0.3 is 0 Å². The first-order valence-corrected chi connectivity index (χ1v) is 4.75. The maximum atomic E-state index is 4.43. The third kappa shape index (κ3) is 1.27. The summed E-state index contributed by atoms with van der Waals surface area (Å²) >= 11 is 0. The van der Waals surface area contributed by atoms with Crippen molar-refractivity contribution >= 4 is 11.2 Å². The number of hydrogen-bond donors (Lipinski definition) is 0. The molecule has 0 aliphatic carbocycles. The van der Waals surface area contributed by atoms with Gasteiger partial charge in [-0.2, -0.15) is 0 Å². The lowest BCUT2D eigenvalue weighted by atomic mass is 10.1. The number of nitrogens with zero attached hydrogens (tertiary/aromatic N) is 4. The van der Waals surface area contributed by atoms with Crippen molar-refractivity contribution in [1.29, 1.82) is 0 Å². The Labute approximate surface area is 83.0 Å². The van der Waals surface area contributed by atoms with E-state index in [-0.39, 0.29) is 0 Å². The van der Waals surface area contributed by atoms with Gasteiger partial charge in [-0.15, -0.1) is 0 Å². The second-order valence-corrected chi connectivity index (χ2v) is 3.84. The van der Waals surface area contributed by atoms with Crippen LogP contribution in [0.4, 0.5) is 0 Å². The van der Waals surface area contributed by atoms with Gasteiger partial charge in [-0.1, -0.05) is 13.8 Å². The Morgan fingerprint density at radius 3 is 2.64 bits per heavy atom. The Hall–Kier alpha value is -1.45. The fourth-order valence-electron chi connectivity index (χ4n) is 1.54. The zero-order chi connectivity index (χ0) is 10.3. The summed E-state index contributed by atoms with van der Waals surface area (Å²) in [6.07, 6.45) is 1.78. The first-order chi connectivity index (χ1) is 6.59. The van der Waals surface area contributed by atoms with Gasteiger partial charge in [0, 0.05) is 7.05 Å². The van der Waals surface area contributed by atoms with Crippen LogP contribution < -0.4 is 0 Å². The molecule has 0 saturated carbocycles. The molecule has 0 amide bonds. The molecule has 74 valence electrons. The SMILES string of the molecule is Cc1nc(C(C)C)c2ncn(C)c2n1. The van der Waals surface area contributed by atoms with Crippen LogP contribution in [0.15, 0.2) is 6.33 Å². The van der Waals surface area contributed by atoms with E-state index >= 15 is 0 Å². The van der Waals surface area contributed by atoms with Crippen LogP contribution in [0.25, 0.3) is 11.2 Å². The monoisotopic (exact) mass is 190 g/mol. The smallest absolute Gasteiger partial charge is 0.163 e. The molecular formula is C10H14N4. The van der Waals surface area contributed by atoms with Gasteiger partial charge in [-0.05, 0) is 12.8 Å². The van der Waals surface area contributed by atoms with Crippen LogP contribution in [0.3, 0.4) is 0 Å². The van der Waals surface area contributed by atoms with E-state index in [4.69, 9.17) is 0 Å². The number of aromatic nitrogens is 4. The van der Waals surface area contributed by atoms with Gasteiger partial charge in [0.2, 0.25) is 0 Å². The molecule has 2 rings (SSSR count).